The van der Waals surface area contributed by atoms with Crippen LogP contribution in [0, 0.1) is 6.92 Å². The summed E-state index contributed by atoms with van der Waals surface area (Å²) in [6.07, 6.45) is 0.279. The largest absolute Gasteiger partial charge is 0.437 e. The van der Waals surface area contributed by atoms with E-state index in [1.165, 1.54) is 29.7 Å². The second kappa shape index (κ2) is 6.88. The Morgan fingerprint density at radius 3 is 2.75 bits per heavy atom. The number of aliphatic hydroxyl groups is 2. The Balaban J connectivity index is 1.51. The molecule has 0 aliphatic carbocycles. The summed E-state index contributed by atoms with van der Waals surface area (Å²) in [4.78, 5) is 25.9. The molecule has 1 saturated heterocycles. The van der Waals surface area contributed by atoms with E-state index in [0.29, 0.717) is 16.9 Å². The molecule has 14 heteroatoms. The van der Waals surface area contributed by atoms with Gasteiger partial charge in [0.05, 0.1) is 18.6 Å². The average molecular weight is 411 g/mol. The van der Waals surface area contributed by atoms with Crippen LogP contribution in [0.5, 0.6) is 0 Å². The molecule has 4 heterocycles. The average Bonchev–Trinajstić information content (AvgIpc) is 3.34. The maximum absolute atomic E-state index is 12.3. The van der Waals surface area contributed by atoms with Crippen molar-refractivity contribution in [1.82, 2.24) is 28.8 Å². The van der Waals surface area contributed by atoms with Gasteiger partial charge in [0.15, 0.2) is 17.7 Å². The highest BCUT2D eigenvalue weighted by Gasteiger charge is 2.45. The van der Waals surface area contributed by atoms with Crippen molar-refractivity contribution in [3.63, 3.8) is 0 Å². The van der Waals surface area contributed by atoms with Crippen molar-refractivity contribution >= 4 is 24.7 Å². The van der Waals surface area contributed by atoms with E-state index in [4.69, 9.17) is 15.0 Å². The fourth-order valence-electron chi connectivity index (χ4n) is 2.94. The molecule has 0 saturated carbocycles. The lowest BCUT2D eigenvalue weighted by Gasteiger charge is -2.18. The highest BCUT2D eigenvalue weighted by molar-refractivity contribution is 7.51. The van der Waals surface area contributed by atoms with Crippen LogP contribution in [0.25, 0.3) is 11.2 Å². The first-order chi connectivity index (χ1) is 13.3. The molecule has 1 aliphatic rings. The second-order valence-electron chi connectivity index (χ2n) is 6.31. The van der Waals surface area contributed by atoms with Gasteiger partial charge in [-0.1, -0.05) is 0 Å². The Hall–Kier alpha value is -2.41. The third kappa shape index (κ3) is 3.17. The Morgan fingerprint density at radius 2 is 2.04 bits per heavy atom. The number of hydrogen-bond acceptors (Lipinski definition) is 10. The van der Waals surface area contributed by atoms with E-state index in [1.807, 2.05) is 0 Å². The van der Waals surface area contributed by atoms with Crippen LogP contribution in [0.1, 0.15) is 11.9 Å². The first-order valence-corrected chi connectivity index (χ1v) is 9.74. The standard InChI is InChI=1S/C14H18N7O6P/c1-7-2-20(5-18-7)28(24,25)26-3-8-10(22)11(23)14(27-8)21-6-19-9-12(15)16-4-17-13(9)21/h2,4-6,8,10-11,14,22-23H,3H2,1H3,(H,24,25)(H2,15,16,17)/t8-,10-,11-,14-/m1/s1. The molecule has 13 nitrogen and oxygen atoms in total. The molecule has 0 amide bonds. The molecule has 3 aromatic heterocycles. The number of nitrogen functional groups attached to an aromatic ring is 1. The maximum atomic E-state index is 12.3. The summed E-state index contributed by atoms with van der Waals surface area (Å²) in [6, 6.07) is 0. The number of imidazole rings is 2. The molecule has 3 aromatic rings. The topological polar surface area (TPSA) is 184 Å². The summed E-state index contributed by atoms with van der Waals surface area (Å²) in [5.41, 5.74) is 6.92. The molecule has 5 atom stereocenters. The number of nitrogens with zero attached hydrogens (tertiary/aromatic N) is 6. The fourth-order valence-corrected chi connectivity index (χ4v) is 3.91. The number of fused-ring (bicyclic) bond motifs is 1. The minimum Gasteiger partial charge on any atom is -0.387 e. The molecule has 0 spiro atoms. The number of anilines is 1. The van der Waals surface area contributed by atoms with Gasteiger partial charge < -0.3 is 25.6 Å². The van der Waals surface area contributed by atoms with E-state index >= 15 is 0 Å². The Kier molecular flexibility index (Phi) is 4.65. The predicted octanol–water partition coefficient (Wildman–Crippen LogP) is -0.802. The van der Waals surface area contributed by atoms with E-state index in [0.717, 1.165) is 4.34 Å². The van der Waals surface area contributed by atoms with Gasteiger partial charge in [0, 0.05) is 6.20 Å². The Morgan fingerprint density at radius 1 is 1.25 bits per heavy atom. The van der Waals surface area contributed by atoms with Gasteiger partial charge in [-0.25, -0.2) is 28.8 Å². The zero-order valence-electron chi connectivity index (χ0n) is 14.6. The molecule has 0 aromatic carbocycles. The second-order valence-corrected chi connectivity index (χ2v) is 8.01. The van der Waals surface area contributed by atoms with E-state index in [2.05, 4.69) is 19.9 Å². The summed E-state index contributed by atoms with van der Waals surface area (Å²) in [5.74, 6) is 0.161. The lowest BCUT2D eigenvalue weighted by Crippen LogP contribution is -2.33. The summed E-state index contributed by atoms with van der Waals surface area (Å²) in [7, 11) is -4.22. The molecule has 1 fully saturated rings. The third-order valence-corrected chi connectivity index (χ3v) is 5.68. The monoisotopic (exact) mass is 411 g/mol. The molecular formula is C14H18N7O6P. The van der Waals surface area contributed by atoms with E-state index in [1.54, 1.807) is 6.92 Å². The molecule has 5 N–H and O–H groups in total. The van der Waals surface area contributed by atoms with Crippen molar-refractivity contribution in [1.29, 1.82) is 0 Å². The van der Waals surface area contributed by atoms with Gasteiger partial charge in [-0.2, -0.15) is 0 Å². The molecule has 28 heavy (non-hydrogen) atoms. The molecule has 4 rings (SSSR count). The Labute approximate surface area is 158 Å². The van der Waals surface area contributed by atoms with Crippen LogP contribution in [0.15, 0.2) is 25.2 Å². The number of aryl methyl sites for hydroxylation is 1. The predicted molar refractivity (Wildman–Crippen MR) is 93.8 cm³/mol. The van der Waals surface area contributed by atoms with E-state index in [-0.39, 0.29) is 5.82 Å². The zero-order valence-corrected chi connectivity index (χ0v) is 15.5. The quantitative estimate of drug-likeness (QED) is 0.385. The normalized spacial score (nSPS) is 27.3. The molecule has 1 unspecified atom stereocenters. The first-order valence-electron chi connectivity index (χ1n) is 8.21. The highest BCUT2D eigenvalue weighted by atomic mass is 31.2. The summed E-state index contributed by atoms with van der Waals surface area (Å²) in [5, 5.41) is 20.7. The van der Waals surface area contributed by atoms with Gasteiger partial charge in [0.2, 0.25) is 0 Å². The van der Waals surface area contributed by atoms with Crippen LogP contribution in [0.4, 0.5) is 5.82 Å². The van der Waals surface area contributed by atoms with Gasteiger partial charge >= 0.3 is 7.75 Å². The zero-order chi connectivity index (χ0) is 20.1. The van der Waals surface area contributed by atoms with Gasteiger partial charge in [0.1, 0.15) is 36.5 Å². The Bertz CT molecular complexity index is 1050. The van der Waals surface area contributed by atoms with E-state index < -0.39 is 38.9 Å². The fraction of sp³-hybridized carbons (Fsp3) is 0.429. The van der Waals surface area contributed by atoms with Gasteiger partial charge in [-0.15, -0.1) is 0 Å². The number of aromatic nitrogens is 6. The molecule has 0 bridgehead atoms. The van der Waals surface area contributed by atoms with Crippen molar-refractivity contribution in [3.8, 4) is 0 Å². The van der Waals surface area contributed by atoms with Crippen molar-refractivity contribution in [2.24, 2.45) is 0 Å². The van der Waals surface area contributed by atoms with Crippen LogP contribution in [-0.2, 0) is 13.8 Å². The SMILES string of the molecule is Cc1cn(P(=O)(O)OC[C@H]2O[C@@H](n3cnc4c(N)ncnc43)[C@H](O)[C@@H]2O)cn1. The van der Waals surface area contributed by atoms with E-state index in [9.17, 15) is 19.7 Å². The highest BCUT2D eigenvalue weighted by Crippen LogP contribution is 2.44. The summed E-state index contributed by atoms with van der Waals surface area (Å²) in [6.45, 7) is 1.22. The van der Waals surface area contributed by atoms with Crippen LogP contribution >= 0.6 is 7.75 Å². The van der Waals surface area contributed by atoms with Crippen LogP contribution < -0.4 is 5.73 Å². The van der Waals surface area contributed by atoms with Crippen LogP contribution in [-0.4, -0.2) is 68.9 Å². The number of nitrogens with two attached hydrogens (primary N) is 1. The third-order valence-electron chi connectivity index (χ3n) is 4.40. The smallest absolute Gasteiger partial charge is 0.387 e. The van der Waals surface area contributed by atoms with Crippen LogP contribution in [0.3, 0.4) is 0 Å². The van der Waals surface area contributed by atoms with Gasteiger partial charge in [0.25, 0.3) is 0 Å². The summed E-state index contributed by atoms with van der Waals surface area (Å²) < 4.78 is 25.4. The van der Waals surface area contributed by atoms with Gasteiger partial charge in [-0.05, 0) is 6.92 Å². The number of ether oxygens (including phenoxy) is 1. The molecule has 150 valence electrons. The number of hydrogen-bond donors (Lipinski definition) is 4. The van der Waals surface area contributed by atoms with Crippen molar-refractivity contribution in [2.45, 2.75) is 31.5 Å². The number of rotatable bonds is 5. The minimum absolute atomic E-state index is 0.161. The van der Waals surface area contributed by atoms with Gasteiger partial charge in [-0.3, -0.25) is 9.09 Å². The maximum Gasteiger partial charge on any atom is 0.437 e. The number of aliphatic hydroxyl groups excluding tert-OH is 2. The minimum atomic E-state index is -4.22. The van der Waals surface area contributed by atoms with Crippen molar-refractivity contribution in [2.75, 3.05) is 12.3 Å². The first kappa shape index (κ1) is 18.9. The molecule has 1 aliphatic heterocycles. The lowest BCUT2D eigenvalue weighted by molar-refractivity contribution is -0.0487. The molecular weight excluding hydrogens is 393 g/mol. The lowest BCUT2D eigenvalue weighted by atomic mass is 10.1. The van der Waals surface area contributed by atoms with Crippen molar-refractivity contribution in [3.05, 3.63) is 30.9 Å². The molecule has 0 radical (unpaired) electrons. The van der Waals surface area contributed by atoms with Crippen molar-refractivity contribution < 1.29 is 28.9 Å². The summed E-state index contributed by atoms with van der Waals surface area (Å²) >= 11 is 0. The van der Waals surface area contributed by atoms with Crippen LogP contribution in [0.2, 0.25) is 0 Å².